The molecule has 9 heteroatoms. The summed E-state index contributed by atoms with van der Waals surface area (Å²) < 4.78 is 4.65. The van der Waals surface area contributed by atoms with Gasteiger partial charge in [-0.05, 0) is 66.4 Å². The van der Waals surface area contributed by atoms with Crippen LogP contribution in [0.1, 0.15) is 27.2 Å². The van der Waals surface area contributed by atoms with Crippen molar-refractivity contribution < 1.29 is 24.2 Å². The largest absolute Gasteiger partial charge is 0.494 e. The Bertz CT molecular complexity index is 1760. The third kappa shape index (κ3) is 5.24. The predicted octanol–water partition coefficient (Wildman–Crippen LogP) is 5.45. The van der Waals surface area contributed by atoms with Crippen LogP contribution in [-0.2, 0) is 14.4 Å². The number of nitrogens with zero attached hydrogens (tertiary/aromatic N) is 3. The van der Waals surface area contributed by atoms with Crippen molar-refractivity contribution in [3.8, 4) is 5.75 Å². The molecule has 3 amide bonds. The number of hydrogen-bond donors (Lipinski definition) is 1. The highest BCUT2D eigenvalue weighted by Crippen LogP contribution is 2.61. The number of carbonyl (C=O) groups excluding carboxylic acids is 3. The van der Waals surface area contributed by atoms with Crippen LogP contribution in [0.2, 0.25) is 0 Å². The maximum Gasteiger partial charge on any atom is 0.251 e. The second-order valence-electron chi connectivity index (χ2n) is 13.2. The van der Waals surface area contributed by atoms with Crippen LogP contribution in [-0.4, -0.2) is 76.1 Å². The van der Waals surface area contributed by atoms with Gasteiger partial charge in [0.15, 0.2) is 0 Å². The first-order valence-electron chi connectivity index (χ1n) is 16.6. The van der Waals surface area contributed by atoms with Gasteiger partial charge in [-0.25, -0.2) is 0 Å². The second-order valence-corrected chi connectivity index (χ2v) is 14.7. The maximum absolute atomic E-state index is 15.0. The van der Waals surface area contributed by atoms with E-state index in [4.69, 9.17) is 4.74 Å². The quantitative estimate of drug-likeness (QED) is 0.326. The van der Waals surface area contributed by atoms with Gasteiger partial charge in [-0.2, -0.15) is 0 Å². The minimum atomic E-state index is -0.971. The van der Waals surface area contributed by atoms with Crippen molar-refractivity contribution in [2.75, 3.05) is 36.1 Å². The normalized spacial score (nSPS) is 27.6. The van der Waals surface area contributed by atoms with Crippen LogP contribution in [0.15, 0.2) is 91.0 Å². The summed E-state index contributed by atoms with van der Waals surface area (Å²) in [4.78, 5) is 49.6. The third-order valence-electron chi connectivity index (χ3n) is 9.95. The van der Waals surface area contributed by atoms with Gasteiger partial charge in [0.1, 0.15) is 11.8 Å². The summed E-state index contributed by atoms with van der Waals surface area (Å²) in [6.45, 7) is 7.04. The lowest BCUT2D eigenvalue weighted by Gasteiger charge is -2.39. The molecule has 1 unspecified atom stereocenters. The summed E-state index contributed by atoms with van der Waals surface area (Å²) in [5.74, 6) is -1.08. The molecule has 3 aromatic carbocycles. The summed E-state index contributed by atoms with van der Waals surface area (Å²) in [5.41, 5.74) is 1.49. The van der Waals surface area contributed by atoms with Crippen LogP contribution >= 0.6 is 11.8 Å². The SMILES string of the molecule is CCOc1ccc(N2CC=C[C@H]3S[C@]45C=CCN(c6ccc7ccccc7c6)C(=O)C4N([C@@H](CO)CC(C)C)C(=O)[C@@H]5[C@H]3C2=O)cc1. The third-order valence-corrected chi connectivity index (χ3v) is 11.7. The average molecular weight is 652 g/mol. The molecule has 4 aliphatic heterocycles. The predicted molar refractivity (Wildman–Crippen MR) is 187 cm³/mol. The zero-order chi connectivity index (χ0) is 32.9. The number of ether oxygens (including phenoxy) is 1. The van der Waals surface area contributed by atoms with E-state index in [2.05, 4.69) is 13.8 Å². The van der Waals surface area contributed by atoms with E-state index in [1.807, 2.05) is 98.0 Å². The number of anilines is 2. The van der Waals surface area contributed by atoms with E-state index in [1.165, 1.54) is 0 Å². The van der Waals surface area contributed by atoms with E-state index in [9.17, 15) is 19.5 Å². The van der Waals surface area contributed by atoms with E-state index >= 15 is 0 Å². The summed E-state index contributed by atoms with van der Waals surface area (Å²) in [6.07, 6.45) is 8.61. The van der Waals surface area contributed by atoms with Gasteiger partial charge in [-0.3, -0.25) is 14.4 Å². The zero-order valence-corrected chi connectivity index (χ0v) is 27.8. The Kier molecular flexibility index (Phi) is 8.39. The first-order valence-corrected chi connectivity index (χ1v) is 17.4. The molecule has 8 nitrogen and oxygen atoms in total. The van der Waals surface area contributed by atoms with Crippen molar-refractivity contribution in [3.05, 3.63) is 91.0 Å². The molecule has 0 aromatic heterocycles. The van der Waals surface area contributed by atoms with Gasteiger partial charge in [0.25, 0.3) is 5.91 Å². The molecule has 0 saturated carbocycles. The monoisotopic (exact) mass is 651 g/mol. The minimum absolute atomic E-state index is 0.131. The smallest absolute Gasteiger partial charge is 0.251 e. The summed E-state index contributed by atoms with van der Waals surface area (Å²) in [6, 6.07) is 20.0. The van der Waals surface area contributed by atoms with Crippen LogP contribution in [0.4, 0.5) is 11.4 Å². The fraction of sp³-hybridized carbons (Fsp3) is 0.395. The molecule has 3 aromatic rings. The van der Waals surface area contributed by atoms with Crippen LogP contribution in [0.25, 0.3) is 10.8 Å². The highest BCUT2D eigenvalue weighted by molar-refractivity contribution is 8.02. The number of fused-ring (bicyclic) bond motifs is 3. The number of carbonyl (C=O) groups is 3. The summed E-state index contributed by atoms with van der Waals surface area (Å²) >= 11 is 1.56. The Morgan fingerprint density at radius 1 is 0.894 bits per heavy atom. The topological polar surface area (TPSA) is 90.4 Å². The fourth-order valence-corrected chi connectivity index (χ4v) is 9.98. The van der Waals surface area contributed by atoms with E-state index in [0.29, 0.717) is 26.1 Å². The van der Waals surface area contributed by atoms with Crippen LogP contribution in [0.5, 0.6) is 5.75 Å². The Morgan fingerprint density at radius 3 is 2.32 bits per heavy atom. The Labute approximate surface area is 280 Å². The van der Waals surface area contributed by atoms with E-state index in [1.54, 1.807) is 26.5 Å². The molecule has 1 spiro atoms. The van der Waals surface area contributed by atoms with Crippen LogP contribution in [0.3, 0.4) is 0 Å². The molecule has 4 aliphatic rings. The standard InChI is InChI=1S/C38H41N3O5S/c1-4-46-30-16-14-27(15-17-30)39-19-7-11-31-32(35(39)43)33-36(44)41(29(23-42)21-24(2)3)34-37(45)40(20-8-18-38(33,34)47-31)28-13-12-25-9-5-6-10-26(25)22-28/h5-18,22,24,29,31-34,42H,4,19-21,23H2,1-3H3/t29-,31-,32+,33+,34?,38+/m1/s1. The number of likely N-dealkylation sites (tertiary alicyclic amines) is 1. The number of aliphatic hydroxyl groups is 1. The lowest BCUT2D eigenvalue weighted by molar-refractivity contribution is -0.142. The van der Waals surface area contributed by atoms with Gasteiger partial charge in [-0.1, -0.05) is 68.5 Å². The van der Waals surface area contributed by atoms with Crippen molar-refractivity contribution in [3.63, 3.8) is 0 Å². The number of rotatable bonds is 8. The summed E-state index contributed by atoms with van der Waals surface area (Å²) in [7, 11) is 0. The lowest BCUT2D eigenvalue weighted by Crippen LogP contribution is -2.57. The molecule has 6 atom stereocenters. The average Bonchev–Trinajstić information content (AvgIpc) is 3.39. The molecule has 0 radical (unpaired) electrons. The minimum Gasteiger partial charge on any atom is -0.494 e. The molecular weight excluding hydrogens is 611 g/mol. The molecule has 0 aliphatic carbocycles. The number of benzene rings is 3. The molecule has 47 heavy (non-hydrogen) atoms. The van der Waals surface area contributed by atoms with Crippen molar-refractivity contribution in [1.82, 2.24) is 4.90 Å². The Morgan fingerprint density at radius 2 is 1.60 bits per heavy atom. The molecule has 7 rings (SSSR count). The Hall–Kier alpha value is -4.08. The Balaban J connectivity index is 1.31. The molecule has 4 heterocycles. The van der Waals surface area contributed by atoms with E-state index < -0.39 is 28.7 Å². The van der Waals surface area contributed by atoms with Gasteiger partial charge in [-0.15, -0.1) is 11.8 Å². The zero-order valence-electron chi connectivity index (χ0n) is 27.0. The van der Waals surface area contributed by atoms with Crippen LogP contribution in [0, 0.1) is 17.8 Å². The highest BCUT2D eigenvalue weighted by atomic mass is 32.2. The number of thioether (sulfide) groups is 1. The van der Waals surface area contributed by atoms with Crippen molar-refractivity contribution in [2.45, 2.75) is 49.3 Å². The van der Waals surface area contributed by atoms with Gasteiger partial charge < -0.3 is 24.5 Å². The molecule has 2 saturated heterocycles. The van der Waals surface area contributed by atoms with Crippen molar-refractivity contribution >= 4 is 51.6 Å². The number of hydrogen-bond acceptors (Lipinski definition) is 6. The molecular formula is C38H41N3O5S. The molecule has 244 valence electrons. The molecule has 2 fully saturated rings. The van der Waals surface area contributed by atoms with E-state index in [0.717, 1.165) is 27.9 Å². The fourth-order valence-electron chi connectivity index (χ4n) is 7.99. The lowest BCUT2D eigenvalue weighted by atomic mass is 9.78. The number of amides is 3. The first-order chi connectivity index (χ1) is 22.8. The van der Waals surface area contributed by atoms with Gasteiger partial charge in [0.2, 0.25) is 11.8 Å². The molecule has 0 bridgehead atoms. The molecule has 1 N–H and O–H groups in total. The maximum atomic E-state index is 15.0. The van der Waals surface area contributed by atoms with Gasteiger partial charge in [0, 0.05) is 29.7 Å². The van der Waals surface area contributed by atoms with E-state index in [-0.39, 0.29) is 35.5 Å². The van der Waals surface area contributed by atoms with Gasteiger partial charge >= 0.3 is 0 Å². The highest BCUT2D eigenvalue weighted by Gasteiger charge is 2.71. The van der Waals surface area contributed by atoms with Crippen molar-refractivity contribution in [2.24, 2.45) is 17.8 Å². The van der Waals surface area contributed by atoms with Crippen molar-refractivity contribution in [1.29, 1.82) is 0 Å². The van der Waals surface area contributed by atoms with Crippen LogP contribution < -0.4 is 14.5 Å². The summed E-state index contributed by atoms with van der Waals surface area (Å²) in [5, 5.41) is 12.5. The second kappa shape index (κ2) is 12.5. The number of aliphatic hydroxyl groups excluding tert-OH is 1. The first kappa shape index (κ1) is 31.5. The van der Waals surface area contributed by atoms with Gasteiger partial charge in [0.05, 0.1) is 35.8 Å².